The number of hydrogen-bond acceptors (Lipinski definition) is 3. The van der Waals surface area contributed by atoms with E-state index in [-0.39, 0.29) is 5.97 Å². The molecule has 0 fully saturated rings. The highest BCUT2D eigenvalue weighted by atomic mass is 16.6. The molecule has 0 bridgehead atoms. The molecule has 0 spiro atoms. The maximum absolute atomic E-state index is 11.7. The number of rotatable bonds is 9. The summed E-state index contributed by atoms with van der Waals surface area (Å²) >= 11 is 0. The van der Waals surface area contributed by atoms with Gasteiger partial charge in [0, 0.05) is 6.61 Å². The third kappa shape index (κ3) is 6.39. The van der Waals surface area contributed by atoms with Gasteiger partial charge in [0.2, 0.25) is 0 Å². The molecule has 3 heteroatoms. The largest absolute Gasteiger partial charge is 0.460 e. The van der Waals surface area contributed by atoms with Crippen molar-refractivity contribution in [2.24, 2.45) is 0 Å². The Hall–Kier alpha value is -1.35. The Kier molecular flexibility index (Phi) is 7.91. The molecule has 0 unspecified atom stereocenters. The van der Waals surface area contributed by atoms with Gasteiger partial charge in [-0.3, -0.25) is 0 Å². The first kappa shape index (κ1) is 15.7. The quantitative estimate of drug-likeness (QED) is 0.505. The molecule has 0 aliphatic heterocycles. The summed E-state index contributed by atoms with van der Waals surface area (Å²) in [5.41, 5.74) is 1.86. The zero-order valence-electron chi connectivity index (χ0n) is 12.0. The smallest absolute Gasteiger partial charge is 0.338 e. The maximum atomic E-state index is 11.7. The normalized spacial score (nSPS) is 10.4. The highest BCUT2D eigenvalue weighted by molar-refractivity contribution is 5.89. The predicted molar refractivity (Wildman–Crippen MR) is 76.4 cm³/mol. The molecule has 0 amide bonds. The molecule has 1 aromatic carbocycles. The first-order chi connectivity index (χ1) is 9.27. The summed E-state index contributed by atoms with van der Waals surface area (Å²) in [7, 11) is 0. The Balaban J connectivity index is 2.25. The van der Waals surface area contributed by atoms with Gasteiger partial charge in [0.25, 0.3) is 0 Å². The highest BCUT2D eigenvalue weighted by Gasteiger charge is 2.06. The molecule has 0 atom stereocenters. The predicted octanol–water partition coefficient (Wildman–Crippen LogP) is 3.61. The number of carbonyl (C=O) groups excluding carboxylic acids is 1. The minimum atomic E-state index is -0.276. The van der Waals surface area contributed by atoms with Gasteiger partial charge in [-0.1, -0.05) is 38.8 Å². The van der Waals surface area contributed by atoms with E-state index < -0.39 is 0 Å². The van der Waals surface area contributed by atoms with Crippen LogP contribution in [-0.2, 0) is 15.9 Å². The van der Waals surface area contributed by atoms with Crippen LogP contribution in [0.5, 0.6) is 0 Å². The zero-order chi connectivity index (χ0) is 13.9. The first-order valence-electron chi connectivity index (χ1n) is 7.11. The summed E-state index contributed by atoms with van der Waals surface area (Å²) in [5, 5.41) is 0. The lowest BCUT2D eigenvalue weighted by Gasteiger charge is -2.06. The Morgan fingerprint density at radius 2 is 1.74 bits per heavy atom. The van der Waals surface area contributed by atoms with Crippen LogP contribution in [0.1, 0.15) is 49.0 Å². The highest BCUT2D eigenvalue weighted by Crippen LogP contribution is 2.07. The molecule has 0 aliphatic rings. The third-order valence-corrected chi connectivity index (χ3v) is 2.83. The molecular formula is C16H24O3. The van der Waals surface area contributed by atoms with Gasteiger partial charge in [-0.25, -0.2) is 4.79 Å². The van der Waals surface area contributed by atoms with Gasteiger partial charge in [-0.15, -0.1) is 0 Å². The van der Waals surface area contributed by atoms with Gasteiger partial charge in [0.1, 0.15) is 6.61 Å². The van der Waals surface area contributed by atoms with E-state index in [1.165, 1.54) is 5.56 Å². The van der Waals surface area contributed by atoms with Gasteiger partial charge >= 0.3 is 5.97 Å². The van der Waals surface area contributed by atoms with Crippen molar-refractivity contribution in [2.75, 3.05) is 19.8 Å². The van der Waals surface area contributed by atoms with Crippen molar-refractivity contribution < 1.29 is 14.3 Å². The van der Waals surface area contributed by atoms with E-state index in [2.05, 4.69) is 13.8 Å². The zero-order valence-corrected chi connectivity index (χ0v) is 12.0. The van der Waals surface area contributed by atoms with E-state index in [4.69, 9.17) is 9.47 Å². The van der Waals surface area contributed by atoms with Crippen molar-refractivity contribution >= 4 is 5.97 Å². The van der Waals surface area contributed by atoms with Crippen molar-refractivity contribution in [1.82, 2.24) is 0 Å². The third-order valence-electron chi connectivity index (χ3n) is 2.83. The lowest BCUT2D eigenvalue weighted by Crippen LogP contribution is -2.11. The Bertz CT molecular complexity index is 357. The standard InChI is InChI=1S/C16H24O3/c1-3-5-11-18-12-13-19-16(17)15-9-7-14(6-4-2)8-10-15/h7-10H,3-6,11-13H2,1-2H3. The number of aryl methyl sites for hydroxylation is 1. The second-order valence-electron chi connectivity index (χ2n) is 4.55. The monoisotopic (exact) mass is 264 g/mol. The van der Waals surface area contributed by atoms with Crippen LogP contribution < -0.4 is 0 Å². The number of unbranched alkanes of at least 4 members (excludes halogenated alkanes) is 1. The molecule has 0 saturated heterocycles. The van der Waals surface area contributed by atoms with E-state index >= 15 is 0 Å². The van der Waals surface area contributed by atoms with Gasteiger partial charge < -0.3 is 9.47 Å². The molecule has 0 heterocycles. The van der Waals surface area contributed by atoms with Crippen LogP contribution in [0.2, 0.25) is 0 Å². The molecular weight excluding hydrogens is 240 g/mol. The fraction of sp³-hybridized carbons (Fsp3) is 0.562. The molecule has 19 heavy (non-hydrogen) atoms. The van der Waals surface area contributed by atoms with Gasteiger partial charge in [0.05, 0.1) is 12.2 Å². The molecule has 0 N–H and O–H groups in total. The topological polar surface area (TPSA) is 35.5 Å². The molecule has 1 rings (SSSR count). The van der Waals surface area contributed by atoms with E-state index in [0.717, 1.165) is 32.3 Å². The molecule has 0 aliphatic carbocycles. The molecule has 0 aromatic heterocycles. The van der Waals surface area contributed by atoms with Crippen LogP contribution in [0.25, 0.3) is 0 Å². The van der Waals surface area contributed by atoms with Gasteiger partial charge in [-0.2, -0.15) is 0 Å². The molecule has 106 valence electrons. The van der Waals surface area contributed by atoms with Crippen LogP contribution in [-0.4, -0.2) is 25.8 Å². The average Bonchev–Trinajstić information content (AvgIpc) is 2.43. The summed E-state index contributed by atoms with van der Waals surface area (Å²) in [6.07, 6.45) is 4.32. The maximum Gasteiger partial charge on any atom is 0.338 e. The summed E-state index contributed by atoms with van der Waals surface area (Å²) in [6.45, 7) is 5.78. The number of ether oxygens (including phenoxy) is 2. The molecule has 0 radical (unpaired) electrons. The van der Waals surface area contributed by atoms with E-state index in [9.17, 15) is 4.79 Å². The molecule has 0 saturated carbocycles. The summed E-state index contributed by atoms with van der Waals surface area (Å²) in [4.78, 5) is 11.7. The number of esters is 1. The van der Waals surface area contributed by atoms with E-state index in [1.807, 2.05) is 24.3 Å². The van der Waals surface area contributed by atoms with Crippen LogP contribution in [0.15, 0.2) is 24.3 Å². The van der Waals surface area contributed by atoms with E-state index in [1.54, 1.807) is 0 Å². The minimum absolute atomic E-state index is 0.276. The SMILES string of the molecule is CCCCOCCOC(=O)c1ccc(CCC)cc1. The van der Waals surface area contributed by atoms with E-state index in [0.29, 0.717) is 18.8 Å². The fourth-order valence-electron chi connectivity index (χ4n) is 1.72. The Labute approximate surface area is 115 Å². The van der Waals surface area contributed by atoms with Crippen LogP contribution >= 0.6 is 0 Å². The Morgan fingerprint density at radius 3 is 2.37 bits per heavy atom. The fourth-order valence-corrected chi connectivity index (χ4v) is 1.72. The van der Waals surface area contributed by atoms with Crippen molar-refractivity contribution in [3.63, 3.8) is 0 Å². The summed E-state index contributed by atoms with van der Waals surface area (Å²) in [5.74, 6) is -0.276. The lowest BCUT2D eigenvalue weighted by molar-refractivity contribution is 0.0314. The molecule has 3 nitrogen and oxygen atoms in total. The minimum Gasteiger partial charge on any atom is -0.460 e. The van der Waals surface area contributed by atoms with Crippen molar-refractivity contribution in [3.05, 3.63) is 35.4 Å². The number of benzene rings is 1. The van der Waals surface area contributed by atoms with Gasteiger partial charge in [-0.05, 0) is 30.5 Å². The van der Waals surface area contributed by atoms with Crippen LogP contribution in [0.3, 0.4) is 0 Å². The number of hydrogen-bond donors (Lipinski definition) is 0. The Morgan fingerprint density at radius 1 is 1.00 bits per heavy atom. The van der Waals surface area contributed by atoms with Crippen molar-refractivity contribution in [2.45, 2.75) is 39.5 Å². The van der Waals surface area contributed by atoms with Gasteiger partial charge in [0.15, 0.2) is 0 Å². The number of carbonyl (C=O) groups is 1. The van der Waals surface area contributed by atoms with Crippen LogP contribution in [0.4, 0.5) is 0 Å². The average molecular weight is 264 g/mol. The lowest BCUT2D eigenvalue weighted by atomic mass is 10.1. The first-order valence-corrected chi connectivity index (χ1v) is 7.11. The van der Waals surface area contributed by atoms with Crippen LogP contribution in [0, 0.1) is 0 Å². The summed E-state index contributed by atoms with van der Waals surface area (Å²) in [6, 6.07) is 7.62. The molecule has 1 aromatic rings. The second kappa shape index (κ2) is 9.56. The van der Waals surface area contributed by atoms with Crippen molar-refractivity contribution in [1.29, 1.82) is 0 Å². The summed E-state index contributed by atoms with van der Waals surface area (Å²) < 4.78 is 10.5. The van der Waals surface area contributed by atoms with Crippen molar-refractivity contribution in [3.8, 4) is 0 Å². The second-order valence-corrected chi connectivity index (χ2v) is 4.55.